The van der Waals surface area contributed by atoms with Crippen LogP contribution in [0.1, 0.15) is 19.4 Å². The molecule has 7 nitrogen and oxygen atoms in total. The summed E-state index contributed by atoms with van der Waals surface area (Å²) in [6.45, 7) is 3.69. The van der Waals surface area contributed by atoms with Gasteiger partial charge in [0.05, 0.1) is 23.9 Å². The molecule has 2 aromatic carbocycles. The molecule has 1 N–H and O–H groups in total. The number of anilines is 1. The highest BCUT2D eigenvalue weighted by molar-refractivity contribution is 6.39. The molecule has 0 spiro atoms. The van der Waals surface area contributed by atoms with Crippen LogP contribution in [0.3, 0.4) is 0 Å². The van der Waals surface area contributed by atoms with Crippen LogP contribution in [0.2, 0.25) is 10.0 Å². The smallest absolute Gasteiger partial charge is 0.335 e. The van der Waals surface area contributed by atoms with Gasteiger partial charge < -0.3 is 9.47 Å². The van der Waals surface area contributed by atoms with Crippen molar-refractivity contribution in [3.8, 4) is 11.5 Å². The number of rotatable bonds is 5. The number of ether oxygens (including phenoxy) is 2. The van der Waals surface area contributed by atoms with Crippen molar-refractivity contribution in [2.24, 2.45) is 0 Å². The molecule has 30 heavy (non-hydrogen) atoms. The van der Waals surface area contributed by atoms with Gasteiger partial charge in [-0.05, 0) is 61.9 Å². The van der Waals surface area contributed by atoms with Gasteiger partial charge in [0.15, 0.2) is 11.5 Å². The molecule has 156 valence electrons. The second kappa shape index (κ2) is 8.77. The maximum atomic E-state index is 12.9. The molecule has 0 radical (unpaired) electrons. The second-order valence-electron chi connectivity index (χ2n) is 6.63. The van der Waals surface area contributed by atoms with Gasteiger partial charge in [0.25, 0.3) is 11.8 Å². The molecule has 1 fully saturated rings. The summed E-state index contributed by atoms with van der Waals surface area (Å²) in [7, 11) is 1.45. The summed E-state index contributed by atoms with van der Waals surface area (Å²) in [5.41, 5.74) is 0.466. The Labute approximate surface area is 183 Å². The lowest BCUT2D eigenvalue weighted by Gasteiger charge is -2.26. The molecule has 0 aromatic heterocycles. The van der Waals surface area contributed by atoms with Crippen molar-refractivity contribution in [3.63, 3.8) is 0 Å². The van der Waals surface area contributed by atoms with E-state index in [9.17, 15) is 14.4 Å². The molecule has 0 unspecified atom stereocenters. The molecular formula is C21H18Cl2N2O5. The minimum absolute atomic E-state index is 0.134. The van der Waals surface area contributed by atoms with Crippen LogP contribution in [-0.4, -0.2) is 31.1 Å². The Morgan fingerprint density at radius 1 is 1.07 bits per heavy atom. The van der Waals surface area contributed by atoms with Crippen LogP contribution in [-0.2, 0) is 9.59 Å². The van der Waals surface area contributed by atoms with Crippen molar-refractivity contribution in [3.05, 3.63) is 57.6 Å². The quantitative estimate of drug-likeness (QED) is 0.539. The fraction of sp³-hybridized carbons (Fsp3) is 0.190. The Morgan fingerprint density at radius 3 is 2.33 bits per heavy atom. The van der Waals surface area contributed by atoms with E-state index in [1.807, 2.05) is 13.8 Å². The van der Waals surface area contributed by atoms with Gasteiger partial charge in [-0.15, -0.1) is 0 Å². The number of urea groups is 1. The predicted molar refractivity (Wildman–Crippen MR) is 114 cm³/mol. The number of hydrogen-bond donors (Lipinski definition) is 1. The van der Waals surface area contributed by atoms with Gasteiger partial charge in [0.2, 0.25) is 0 Å². The van der Waals surface area contributed by atoms with Crippen LogP contribution < -0.4 is 19.7 Å². The van der Waals surface area contributed by atoms with E-state index in [2.05, 4.69) is 5.32 Å². The topological polar surface area (TPSA) is 84.9 Å². The van der Waals surface area contributed by atoms with Gasteiger partial charge in [0.1, 0.15) is 5.57 Å². The van der Waals surface area contributed by atoms with E-state index in [-0.39, 0.29) is 22.4 Å². The number of imide groups is 2. The number of hydrogen-bond acceptors (Lipinski definition) is 5. The SMILES string of the molecule is COc1cc(/C=C2\C(=O)NC(=O)N(c3ccc(Cl)cc3)C2=O)cc(Cl)c1OC(C)C. The molecule has 4 amide bonds. The lowest BCUT2D eigenvalue weighted by Crippen LogP contribution is -2.54. The van der Waals surface area contributed by atoms with Crippen LogP contribution in [0.4, 0.5) is 10.5 Å². The number of methoxy groups -OCH3 is 1. The number of carbonyl (C=O) groups is 3. The zero-order chi connectivity index (χ0) is 22.0. The Hall–Kier alpha value is -3.03. The number of carbonyl (C=O) groups excluding carboxylic acids is 3. The Balaban J connectivity index is 2.02. The number of nitrogens with zero attached hydrogens (tertiary/aromatic N) is 1. The van der Waals surface area contributed by atoms with Crippen molar-refractivity contribution >= 4 is 52.8 Å². The van der Waals surface area contributed by atoms with E-state index >= 15 is 0 Å². The number of barbiturate groups is 1. The largest absolute Gasteiger partial charge is 0.493 e. The number of halogens is 2. The summed E-state index contributed by atoms with van der Waals surface area (Å²) in [6, 6.07) is 8.36. The maximum Gasteiger partial charge on any atom is 0.335 e. The zero-order valence-corrected chi connectivity index (χ0v) is 17.9. The molecule has 9 heteroatoms. The first-order valence-electron chi connectivity index (χ1n) is 8.92. The van der Waals surface area contributed by atoms with Gasteiger partial charge in [-0.1, -0.05) is 23.2 Å². The number of amides is 4. The third-order valence-corrected chi connectivity index (χ3v) is 4.64. The first-order chi connectivity index (χ1) is 14.2. The van der Waals surface area contributed by atoms with E-state index < -0.39 is 17.8 Å². The van der Waals surface area contributed by atoms with Gasteiger partial charge in [-0.25, -0.2) is 9.69 Å². The summed E-state index contributed by atoms with van der Waals surface area (Å²) < 4.78 is 11.0. The number of benzene rings is 2. The highest BCUT2D eigenvalue weighted by atomic mass is 35.5. The average molecular weight is 449 g/mol. The number of nitrogens with one attached hydrogen (secondary N) is 1. The van der Waals surface area contributed by atoms with Crippen LogP contribution in [0.5, 0.6) is 11.5 Å². The molecule has 1 aliphatic heterocycles. The first kappa shape index (κ1) is 21.7. The van der Waals surface area contributed by atoms with Gasteiger partial charge in [-0.2, -0.15) is 0 Å². The average Bonchev–Trinajstić information content (AvgIpc) is 2.68. The van der Waals surface area contributed by atoms with E-state index in [4.69, 9.17) is 32.7 Å². The highest BCUT2D eigenvalue weighted by Crippen LogP contribution is 2.38. The summed E-state index contributed by atoms with van der Waals surface area (Å²) in [5, 5.41) is 2.86. The first-order valence-corrected chi connectivity index (χ1v) is 9.68. The summed E-state index contributed by atoms with van der Waals surface area (Å²) >= 11 is 12.2. The third kappa shape index (κ3) is 4.42. The van der Waals surface area contributed by atoms with Gasteiger partial charge in [-0.3, -0.25) is 14.9 Å². The fourth-order valence-electron chi connectivity index (χ4n) is 2.82. The van der Waals surface area contributed by atoms with Crippen LogP contribution in [0.15, 0.2) is 42.0 Å². The molecule has 0 saturated carbocycles. The molecule has 1 aliphatic rings. The van der Waals surface area contributed by atoms with Crippen molar-refractivity contribution in [2.75, 3.05) is 12.0 Å². The molecule has 0 atom stereocenters. The van der Waals surface area contributed by atoms with Crippen LogP contribution in [0.25, 0.3) is 6.08 Å². The molecule has 2 aromatic rings. The van der Waals surface area contributed by atoms with E-state index in [1.54, 1.807) is 12.1 Å². The lowest BCUT2D eigenvalue weighted by molar-refractivity contribution is -0.122. The molecular weight excluding hydrogens is 431 g/mol. The maximum absolute atomic E-state index is 12.9. The van der Waals surface area contributed by atoms with Gasteiger partial charge in [0, 0.05) is 5.02 Å². The normalized spacial score (nSPS) is 15.6. The molecule has 3 rings (SSSR count). The van der Waals surface area contributed by atoms with E-state index in [0.29, 0.717) is 22.1 Å². The Morgan fingerprint density at radius 2 is 1.73 bits per heavy atom. The molecule has 0 bridgehead atoms. The molecule has 0 aliphatic carbocycles. The van der Waals surface area contributed by atoms with Crippen molar-refractivity contribution in [1.29, 1.82) is 0 Å². The van der Waals surface area contributed by atoms with Crippen LogP contribution >= 0.6 is 23.2 Å². The van der Waals surface area contributed by atoms with Crippen molar-refractivity contribution < 1.29 is 23.9 Å². The minimum Gasteiger partial charge on any atom is -0.493 e. The Kier molecular flexibility index (Phi) is 6.34. The standard InChI is InChI=1S/C21H18Cl2N2O5/c1-11(2)30-18-16(23)9-12(10-17(18)29-3)8-15-19(26)24-21(28)25(20(15)27)14-6-4-13(22)5-7-14/h4-11H,1-3H3,(H,24,26,28)/b15-8+. The molecule has 1 saturated heterocycles. The summed E-state index contributed by atoms with van der Waals surface area (Å²) in [4.78, 5) is 38.4. The minimum atomic E-state index is -0.847. The van der Waals surface area contributed by atoms with E-state index in [1.165, 1.54) is 37.5 Å². The summed E-state index contributed by atoms with van der Waals surface area (Å²) in [6.07, 6.45) is 1.20. The van der Waals surface area contributed by atoms with Gasteiger partial charge >= 0.3 is 6.03 Å². The zero-order valence-electron chi connectivity index (χ0n) is 16.4. The lowest BCUT2D eigenvalue weighted by atomic mass is 10.1. The van der Waals surface area contributed by atoms with Crippen molar-refractivity contribution in [2.45, 2.75) is 20.0 Å². The van der Waals surface area contributed by atoms with Crippen LogP contribution in [0, 0.1) is 0 Å². The molecule has 1 heterocycles. The van der Waals surface area contributed by atoms with E-state index in [0.717, 1.165) is 4.90 Å². The Bertz CT molecular complexity index is 1050. The third-order valence-electron chi connectivity index (χ3n) is 4.10. The monoisotopic (exact) mass is 448 g/mol. The predicted octanol–water partition coefficient (Wildman–Crippen LogP) is 4.46. The highest BCUT2D eigenvalue weighted by Gasteiger charge is 2.36. The fourth-order valence-corrected chi connectivity index (χ4v) is 3.21. The summed E-state index contributed by atoms with van der Waals surface area (Å²) in [5.74, 6) is -0.887. The second-order valence-corrected chi connectivity index (χ2v) is 7.48. The van der Waals surface area contributed by atoms with Crippen molar-refractivity contribution in [1.82, 2.24) is 5.32 Å².